The number of anilines is 1. The first-order valence-corrected chi connectivity index (χ1v) is 8.84. The molecule has 4 nitrogen and oxygen atoms in total. The van der Waals surface area contributed by atoms with Gasteiger partial charge >= 0.3 is 0 Å². The van der Waals surface area contributed by atoms with E-state index in [2.05, 4.69) is 5.32 Å². The van der Waals surface area contributed by atoms with E-state index in [4.69, 9.17) is 0 Å². The Labute approximate surface area is 153 Å². The standard InChI is InChI=1S/C22H24N2O2/c1-14-7-6-10-19(17(14)4)23-20(25)11-12-24-21(26)13-16(3)18-9-5-8-15(2)22(18)24/h5-10,13H,11-12H2,1-4H3,(H,23,25). The van der Waals surface area contributed by atoms with Crippen LogP contribution in [0, 0.1) is 27.7 Å². The number of rotatable bonds is 4. The van der Waals surface area contributed by atoms with Crippen LogP contribution >= 0.6 is 0 Å². The number of fused-ring (bicyclic) bond motifs is 1. The Morgan fingerprint density at radius 1 is 0.962 bits per heavy atom. The Balaban J connectivity index is 1.85. The van der Waals surface area contributed by atoms with E-state index in [0.717, 1.165) is 38.8 Å². The zero-order chi connectivity index (χ0) is 18.8. The number of nitrogens with zero attached hydrogens (tertiary/aromatic N) is 1. The normalized spacial score (nSPS) is 10.9. The van der Waals surface area contributed by atoms with Crippen molar-refractivity contribution < 1.29 is 4.79 Å². The summed E-state index contributed by atoms with van der Waals surface area (Å²) in [6.45, 7) is 8.31. The predicted octanol–water partition coefficient (Wildman–Crippen LogP) is 4.26. The third-order valence-electron chi connectivity index (χ3n) is 4.98. The molecule has 0 aliphatic heterocycles. The smallest absolute Gasteiger partial charge is 0.251 e. The number of nitrogens with one attached hydrogen (secondary N) is 1. The van der Waals surface area contributed by atoms with Gasteiger partial charge in [-0.05, 0) is 56.0 Å². The lowest BCUT2D eigenvalue weighted by Gasteiger charge is -2.15. The van der Waals surface area contributed by atoms with Crippen molar-refractivity contribution in [1.29, 1.82) is 0 Å². The molecule has 0 fully saturated rings. The quantitative estimate of drug-likeness (QED) is 0.766. The number of benzene rings is 2. The van der Waals surface area contributed by atoms with Crippen molar-refractivity contribution in [2.24, 2.45) is 0 Å². The summed E-state index contributed by atoms with van der Waals surface area (Å²) in [5, 5.41) is 4.02. The van der Waals surface area contributed by atoms with Crippen molar-refractivity contribution in [1.82, 2.24) is 4.57 Å². The summed E-state index contributed by atoms with van der Waals surface area (Å²) < 4.78 is 1.71. The number of aromatic nitrogens is 1. The Morgan fingerprint density at radius 2 is 1.65 bits per heavy atom. The van der Waals surface area contributed by atoms with Gasteiger partial charge in [-0.1, -0.05) is 30.3 Å². The van der Waals surface area contributed by atoms with Crippen LogP contribution < -0.4 is 10.9 Å². The molecule has 0 aliphatic rings. The van der Waals surface area contributed by atoms with Gasteiger partial charge in [0.05, 0.1) is 5.52 Å². The van der Waals surface area contributed by atoms with Crippen LogP contribution in [-0.2, 0) is 11.3 Å². The van der Waals surface area contributed by atoms with E-state index in [-0.39, 0.29) is 17.9 Å². The number of para-hydroxylation sites is 1. The largest absolute Gasteiger partial charge is 0.326 e. The van der Waals surface area contributed by atoms with Crippen LogP contribution in [0.5, 0.6) is 0 Å². The molecule has 1 N–H and O–H groups in total. The second kappa shape index (κ2) is 7.16. The van der Waals surface area contributed by atoms with E-state index in [0.29, 0.717) is 6.54 Å². The molecule has 0 aliphatic carbocycles. The third-order valence-corrected chi connectivity index (χ3v) is 4.98. The molecule has 1 aromatic heterocycles. The number of hydrogen-bond donors (Lipinski definition) is 1. The zero-order valence-corrected chi connectivity index (χ0v) is 15.7. The minimum Gasteiger partial charge on any atom is -0.326 e. The summed E-state index contributed by atoms with van der Waals surface area (Å²) in [5.74, 6) is -0.0899. The maximum absolute atomic E-state index is 12.5. The Morgan fingerprint density at radius 3 is 2.42 bits per heavy atom. The zero-order valence-electron chi connectivity index (χ0n) is 15.7. The fourth-order valence-corrected chi connectivity index (χ4v) is 3.32. The van der Waals surface area contributed by atoms with Gasteiger partial charge in [-0.15, -0.1) is 0 Å². The Kier molecular flexibility index (Phi) is 4.94. The average Bonchev–Trinajstić information content (AvgIpc) is 2.59. The van der Waals surface area contributed by atoms with Gasteiger partial charge in [-0.3, -0.25) is 9.59 Å². The summed E-state index contributed by atoms with van der Waals surface area (Å²) >= 11 is 0. The van der Waals surface area contributed by atoms with Crippen LogP contribution in [0.4, 0.5) is 5.69 Å². The van der Waals surface area contributed by atoms with Gasteiger partial charge in [0.2, 0.25) is 5.91 Å². The second-order valence-electron chi connectivity index (χ2n) is 6.83. The molecule has 0 atom stereocenters. The molecule has 0 unspecified atom stereocenters. The van der Waals surface area contributed by atoms with Crippen LogP contribution in [0.1, 0.15) is 28.7 Å². The molecule has 2 aromatic carbocycles. The monoisotopic (exact) mass is 348 g/mol. The second-order valence-corrected chi connectivity index (χ2v) is 6.83. The summed E-state index contributed by atoms with van der Waals surface area (Å²) in [5.41, 5.74) is 5.88. The Hall–Kier alpha value is -2.88. The fraction of sp³-hybridized carbons (Fsp3) is 0.273. The highest BCUT2D eigenvalue weighted by Crippen LogP contribution is 2.21. The SMILES string of the molecule is Cc1cccc(NC(=O)CCn2c(=O)cc(C)c3cccc(C)c32)c1C. The summed E-state index contributed by atoms with van der Waals surface area (Å²) in [6.07, 6.45) is 0.250. The maximum Gasteiger partial charge on any atom is 0.251 e. The molecule has 0 saturated carbocycles. The van der Waals surface area contributed by atoms with Crippen LogP contribution in [0.2, 0.25) is 0 Å². The molecule has 3 rings (SSSR count). The highest BCUT2D eigenvalue weighted by atomic mass is 16.1. The average molecular weight is 348 g/mol. The highest BCUT2D eigenvalue weighted by molar-refractivity contribution is 5.92. The first-order chi connectivity index (χ1) is 12.4. The predicted molar refractivity (Wildman–Crippen MR) is 107 cm³/mol. The lowest BCUT2D eigenvalue weighted by Crippen LogP contribution is -2.24. The molecule has 0 radical (unpaired) electrons. The van der Waals surface area contributed by atoms with Crippen molar-refractivity contribution >= 4 is 22.5 Å². The summed E-state index contributed by atoms with van der Waals surface area (Å²) in [7, 11) is 0. The van der Waals surface area contributed by atoms with Crippen molar-refractivity contribution in [3.63, 3.8) is 0 Å². The summed E-state index contributed by atoms with van der Waals surface area (Å²) in [4.78, 5) is 24.9. The first kappa shape index (κ1) is 17.9. The van der Waals surface area contributed by atoms with Crippen LogP contribution in [-0.4, -0.2) is 10.5 Å². The molecular weight excluding hydrogens is 324 g/mol. The lowest BCUT2D eigenvalue weighted by molar-refractivity contribution is -0.116. The number of carbonyl (C=O) groups is 1. The minimum atomic E-state index is -0.0899. The molecule has 26 heavy (non-hydrogen) atoms. The number of carbonyl (C=O) groups excluding carboxylic acids is 1. The molecule has 0 saturated heterocycles. The van der Waals surface area contributed by atoms with Crippen LogP contribution in [0.15, 0.2) is 47.3 Å². The molecular formula is C22H24N2O2. The molecule has 0 bridgehead atoms. The van der Waals surface area contributed by atoms with E-state index in [9.17, 15) is 9.59 Å². The third kappa shape index (κ3) is 3.40. The molecule has 1 heterocycles. The lowest BCUT2D eigenvalue weighted by atomic mass is 10.1. The van der Waals surface area contributed by atoms with Gasteiger partial charge in [0.1, 0.15) is 0 Å². The van der Waals surface area contributed by atoms with E-state index >= 15 is 0 Å². The van der Waals surface area contributed by atoms with Gasteiger partial charge in [-0.25, -0.2) is 0 Å². The van der Waals surface area contributed by atoms with Crippen molar-refractivity contribution in [3.8, 4) is 0 Å². The molecule has 134 valence electrons. The van der Waals surface area contributed by atoms with E-state index in [1.54, 1.807) is 10.6 Å². The molecule has 1 amide bonds. The molecule has 0 spiro atoms. The van der Waals surface area contributed by atoms with Crippen molar-refractivity contribution in [2.45, 2.75) is 40.7 Å². The fourth-order valence-electron chi connectivity index (χ4n) is 3.32. The van der Waals surface area contributed by atoms with E-state index in [1.807, 2.05) is 64.1 Å². The number of pyridine rings is 1. The van der Waals surface area contributed by atoms with Gasteiger partial charge in [-0.2, -0.15) is 0 Å². The maximum atomic E-state index is 12.5. The minimum absolute atomic E-state index is 0.0659. The number of amides is 1. The van der Waals surface area contributed by atoms with Crippen LogP contribution in [0.3, 0.4) is 0 Å². The number of hydrogen-bond acceptors (Lipinski definition) is 2. The first-order valence-electron chi connectivity index (χ1n) is 8.84. The van der Waals surface area contributed by atoms with Gasteiger partial charge in [0.15, 0.2) is 0 Å². The van der Waals surface area contributed by atoms with Gasteiger partial charge in [0, 0.05) is 30.1 Å². The van der Waals surface area contributed by atoms with Crippen molar-refractivity contribution in [3.05, 3.63) is 75.1 Å². The number of aryl methyl sites for hydroxylation is 4. The molecule has 3 aromatic rings. The summed E-state index contributed by atoms with van der Waals surface area (Å²) in [6, 6.07) is 13.5. The Bertz CT molecular complexity index is 1050. The highest BCUT2D eigenvalue weighted by Gasteiger charge is 2.11. The van der Waals surface area contributed by atoms with Crippen molar-refractivity contribution in [2.75, 3.05) is 5.32 Å². The topological polar surface area (TPSA) is 51.1 Å². The van der Waals surface area contributed by atoms with Gasteiger partial charge in [0.25, 0.3) is 5.56 Å². The van der Waals surface area contributed by atoms with E-state index in [1.165, 1.54) is 0 Å². The molecule has 4 heteroatoms. The van der Waals surface area contributed by atoms with E-state index < -0.39 is 0 Å². The van der Waals surface area contributed by atoms with Crippen LogP contribution in [0.25, 0.3) is 10.9 Å². The van der Waals surface area contributed by atoms with Gasteiger partial charge < -0.3 is 9.88 Å².